The summed E-state index contributed by atoms with van der Waals surface area (Å²) in [4.78, 5) is 0. The average molecular weight is 349 g/mol. The topological polar surface area (TPSA) is 63.6 Å². The third-order valence-electron chi connectivity index (χ3n) is 6.03. The Morgan fingerprint density at radius 1 is 1.18 bits per heavy atom. The van der Waals surface area contributed by atoms with Crippen molar-refractivity contribution in [3.05, 3.63) is 0 Å². The number of aliphatic hydroxyl groups is 1. The zero-order chi connectivity index (χ0) is 16.8. The minimum absolute atomic E-state index is 0.155. The van der Waals surface area contributed by atoms with Crippen LogP contribution in [0.15, 0.2) is 0 Å². The first-order valence-electron chi connectivity index (χ1n) is 8.46. The fourth-order valence-electron chi connectivity index (χ4n) is 3.46. The van der Waals surface area contributed by atoms with Crippen molar-refractivity contribution in [3.8, 4) is 0 Å². The van der Waals surface area contributed by atoms with Gasteiger partial charge < -0.3 is 9.53 Å². The molecule has 2 heterocycles. The van der Waals surface area contributed by atoms with Crippen LogP contribution in [0.4, 0.5) is 0 Å². The molecule has 0 aromatic heterocycles. The van der Waals surface area contributed by atoms with Crippen LogP contribution in [-0.2, 0) is 14.3 Å². The summed E-state index contributed by atoms with van der Waals surface area (Å²) in [5, 5.41) is 10.4. The van der Waals surface area contributed by atoms with Crippen LogP contribution in [0.5, 0.6) is 0 Å². The minimum Gasteiger partial charge on any atom is -0.417 e. The molecule has 6 heteroatoms. The summed E-state index contributed by atoms with van der Waals surface area (Å²) in [6.45, 7) is 11.5. The van der Waals surface area contributed by atoms with Gasteiger partial charge in [0, 0.05) is 6.61 Å². The fraction of sp³-hybridized carbons (Fsp3) is 1.00. The highest BCUT2D eigenvalue weighted by atomic mass is 32.2. The van der Waals surface area contributed by atoms with E-state index in [2.05, 4.69) is 33.9 Å². The molecule has 2 saturated heterocycles. The lowest BCUT2D eigenvalue weighted by Crippen LogP contribution is -2.52. The van der Waals surface area contributed by atoms with Gasteiger partial charge in [0.25, 0.3) is 0 Å². The SMILES string of the molecule is CC(C)(C)[Si](C)(C)OCCC1(O)CC2CCCC(C1)S2(=O)=O. The third-order valence-corrected chi connectivity index (χ3v) is 13.2. The highest BCUT2D eigenvalue weighted by molar-refractivity contribution is 7.92. The molecule has 2 unspecified atom stereocenters. The molecule has 0 spiro atoms. The van der Waals surface area contributed by atoms with Crippen LogP contribution in [-0.4, -0.2) is 44.5 Å². The molecular formula is C16H32O4SSi. The highest BCUT2D eigenvalue weighted by Crippen LogP contribution is 2.43. The maximum Gasteiger partial charge on any atom is 0.191 e. The zero-order valence-electron chi connectivity index (χ0n) is 14.7. The molecule has 22 heavy (non-hydrogen) atoms. The van der Waals surface area contributed by atoms with E-state index in [1.165, 1.54) is 0 Å². The molecule has 0 radical (unpaired) electrons. The van der Waals surface area contributed by atoms with Gasteiger partial charge in [0.05, 0.1) is 16.1 Å². The van der Waals surface area contributed by atoms with Crippen LogP contribution in [0, 0.1) is 0 Å². The van der Waals surface area contributed by atoms with E-state index in [0.717, 1.165) is 6.42 Å². The van der Waals surface area contributed by atoms with Gasteiger partial charge in [-0.15, -0.1) is 0 Å². The van der Waals surface area contributed by atoms with Gasteiger partial charge in [-0.25, -0.2) is 8.42 Å². The molecule has 0 saturated carbocycles. The maximum atomic E-state index is 12.3. The second-order valence-electron chi connectivity index (χ2n) is 8.76. The van der Waals surface area contributed by atoms with Crippen molar-refractivity contribution < 1.29 is 18.0 Å². The van der Waals surface area contributed by atoms with Gasteiger partial charge >= 0.3 is 0 Å². The van der Waals surface area contributed by atoms with Crippen LogP contribution in [0.25, 0.3) is 0 Å². The van der Waals surface area contributed by atoms with Crippen molar-refractivity contribution >= 4 is 18.2 Å². The molecule has 0 aromatic rings. The van der Waals surface area contributed by atoms with Crippen molar-refractivity contribution in [3.63, 3.8) is 0 Å². The first-order valence-corrected chi connectivity index (χ1v) is 13.0. The molecule has 2 aliphatic rings. The van der Waals surface area contributed by atoms with E-state index < -0.39 is 23.8 Å². The Hall–Kier alpha value is 0.0869. The molecule has 2 fully saturated rings. The monoisotopic (exact) mass is 348 g/mol. The van der Waals surface area contributed by atoms with Crippen LogP contribution in [0.2, 0.25) is 18.1 Å². The van der Waals surface area contributed by atoms with Gasteiger partial charge in [-0.05, 0) is 50.2 Å². The lowest BCUT2D eigenvalue weighted by molar-refractivity contribution is -0.00969. The van der Waals surface area contributed by atoms with E-state index in [1.54, 1.807) is 0 Å². The van der Waals surface area contributed by atoms with E-state index in [4.69, 9.17) is 4.43 Å². The summed E-state index contributed by atoms with van der Waals surface area (Å²) in [6.07, 6.45) is 3.75. The molecule has 2 atom stereocenters. The normalized spacial score (nSPS) is 35.4. The van der Waals surface area contributed by atoms with E-state index in [1.807, 2.05) is 0 Å². The Bertz CT molecular complexity index is 487. The van der Waals surface area contributed by atoms with Crippen molar-refractivity contribution in [1.29, 1.82) is 0 Å². The first-order chi connectivity index (χ1) is 9.87. The standard InChI is InChI=1S/C16H32O4SSi/c1-15(2,3)22(4,5)20-10-9-16(17)11-13-7-6-8-14(12-16)21(13,18)19/h13-14,17H,6-12H2,1-5H3. The third kappa shape index (κ3) is 3.60. The van der Waals surface area contributed by atoms with Crippen LogP contribution in [0.1, 0.15) is 59.3 Å². The Morgan fingerprint density at radius 3 is 2.14 bits per heavy atom. The molecule has 0 aromatic carbocycles. The Labute approximate surface area is 136 Å². The molecule has 2 rings (SSSR count). The molecule has 2 bridgehead atoms. The summed E-state index contributed by atoms with van der Waals surface area (Å²) in [5.41, 5.74) is -0.858. The first kappa shape index (κ1) is 18.4. The predicted molar refractivity (Wildman–Crippen MR) is 92.3 cm³/mol. The lowest BCUT2D eigenvalue weighted by atomic mass is 9.83. The molecule has 0 amide bonds. The van der Waals surface area contributed by atoms with E-state index >= 15 is 0 Å². The van der Waals surface area contributed by atoms with Gasteiger partial charge in [-0.3, -0.25) is 0 Å². The number of fused-ring (bicyclic) bond motifs is 2. The smallest absolute Gasteiger partial charge is 0.191 e. The Morgan fingerprint density at radius 2 is 1.68 bits per heavy atom. The Kier molecular flexibility index (Phi) is 4.91. The molecule has 2 aliphatic heterocycles. The van der Waals surface area contributed by atoms with Gasteiger partial charge in [-0.1, -0.05) is 27.2 Å². The summed E-state index contributed by atoms with van der Waals surface area (Å²) >= 11 is 0. The van der Waals surface area contributed by atoms with Gasteiger partial charge in [0.2, 0.25) is 0 Å². The lowest BCUT2D eigenvalue weighted by Gasteiger charge is -2.44. The molecule has 4 nitrogen and oxygen atoms in total. The maximum absolute atomic E-state index is 12.3. The Balaban J connectivity index is 1.97. The van der Waals surface area contributed by atoms with Crippen molar-refractivity contribution in [2.45, 2.75) is 93.5 Å². The van der Waals surface area contributed by atoms with Gasteiger partial charge in [0.15, 0.2) is 18.2 Å². The summed E-state index contributed by atoms with van der Waals surface area (Å²) in [5.74, 6) is 0. The fourth-order valence-corrected chi connectivity index (χ4v) is 7.12. The van der Waals surface area contributed by atoms with Gasteiger partial charge in [-0.2, -0.15) is 0 Å². The molecule has 1 N–H and O–H groups in total. The van der Waals surface area contributed by atoms with Crippen LogP contribution < -0.4 is 0 Å². The number of rotatable bonds is 4. The van der Waals surface area contributed by atoms with Crippen LogP contribution >= 0.6 is 0 Å². The summed E-state index contributed by atoms with van der Waals surface area (Å²) in [6, 6.07) is 0. The van der Waals surface area contributed by atoms with E-state index in [-0.39, 0.29) is 15.5 Å². The van der Waals surface area contributed by atoms with Crippen molar-refractivity contribution in [2.24, 2.45) is 0 Å². The van der Waals surface area contributed by atoms with Gasteiger partial charge in [0.1, 0.15) is 0 Å². The minimum atomic E-state index is -3.01. The summed E-state index contributed by atoms with van der Waals surface area (Å²) < 4.78 is 30.8. The largest absolute Gasteiger partial charge is 0.417 e. The highest BCUT2D eigenvalue weighted by Gasteiger charge is 2.50. The van der Waals surface area contributed by atoms with Crippen molar-refractivity contribution in [1.82, 2.24) is 0 Å². The van der Waals surface area contributed by atoms with E-state index in [9.17, 15) is 13.5 Å². The predicted octanol–water partition coefficient (Wildman–Crippen LogP) is 3.26. The molecule has 0 aliphatic carbocycles. The van der Waals surface area contributed by atoms with Crippen LogP contribution in [0.3, 0.4) is 0 Å². The zero-order valence-corrected chi connectivity index (χ0v) is 16.5. The number of hydrogen-bond acceptors (Lipinski definition) is 4. The van der Waals surface area contributed by atoms with Crippen molar-refractivity contribution in [2.75, 3.05) is 6.61 Å². The number of hydrogen-bond donors (Lipinski definition) is 1. The number of sulfone groups is 1. The summed E-state index contributed by atoms with van der Waals surface area (Å²) in [7, 11) is -4.81. The average Bonchev–Trinajstić information content (AvgIpc) is 2.30. The molecular weight excluding hydrogens is 316 g/mol. The second-order valence-corrected chi connectivity index (χ2v) is 16.1. The second kappa shape index (κ2) is 5.87. The quantitative estimate of drug-likeness (QED) is 0.792. The molecule has 130 valence electrons. The van der Waals surface area contributed by atoms with E-state index in [0.29, 0.717) is 38.7 Å².